The van der Waals surface area contributed by atoms with E-state index in [0.717, 1.165) is 49.6 Å². The SMILES string of the molecule is C#C/C=C(/C)C(C)CC.C=C(C)/C(=C\C(=C/C)C1=CC(=C2CCC2)N2C=C(N3CCN4CCC=CCC4C3)C=CC2=N1)CC. The van der Waals surface area contributed by atoms with Crippen LogP contribution in [0.2, 0.25) is 0 Å². The molecule has 4 heteroatoms. The second-order valence-electron chi connectivity index (χ2n) is 12.6. The van der Waals surface area contributed by atoms with Crippen LogP contribution in [0, 0.1) is 18.3 Å². The van der Waals surface area contributed by atoms with Gasteiger partial charge in [0.2, 0.25) is 0 Å². The lowest BCUT2D eigenvalue weighted by Gasteiger charge is -2.43. The number of aliphatic imine (C=N–C) groups is 1. The van der Waals surface area contributed by atoms with Gasteiger partial charge in [0, 0.05) is 44.1 Å². The lowest BCUT2D eigenvalue weighted by molar-refractivity contribution is 0.101. The van der Waals surface area contributed by atoms with E-state index < -0.39 is 0 Å². The predicted octanol–water partition coefficient (Wildman–Crippen LogP) is 9.24. The lowest BCUT2D eigenvalue weighted by Crippen LogP contribution is -2.52. The summed E-state index contributed by atoms with van der Waals surface area (Å²) in [5.74, 6) is 4.19. The fraction of sp³-hybridized carbons (Fsp3) is 0.475. The first-order valence-corrected chi connectivity index (χ1v) is 16.8. The fourth-order valence-corrected chi connectivity index (χ4v) is 6.21. The Morgan fingerprint density at radius 3 is 2.59 bits per heavy atom. The monoisotopic (exact) mass is 590 g/mol. The number of nitrogens with zero attached hydrogens (tertiary/aromatic N) is 4. The first-order chi connectivity index (χ1) is 21.3. The second-order valence-corrected chi connectivity index (χ2v) is 12.6. The minimum atomic E-state index is 0.620. The van der Waals surface area contributed by atoms with Gasteiger partial charge in [-0.1, -0.05) is 62.6 Å². The van der Waals surface area contributed by atoms with Crippen LogP contribution in [0.25, 0.3) is 0 Å². The van der Waals surface area contributed by atoms with E-state index in [4.69, 9.17) is 11.4 Å². The molecule has 234 valence electrons. The molecule has 5 aliphatic rings. The van der Waals surface area contributed by atoms with E-state index in [1.54, 1.807) is 5.57 Å². The molecule has 0 aromatic carbocycles. The van der Waals surface area contributed by atoms with Crippen molar-refractivity contribution in [2.24, 2.45) is 10.9 Å². The molecule has 0 radical (unpaired) electrons. The zero-order valence-electron chi connectivity index (χ0n) is 28.2. The molecule has 0 amide bonds. The number of hydrogen-bond donors (Lipinski definition) is 0. The maximum atomic E-state index is 5.13. The van der Waals surface area contributed by atoms with Crippen LogP contribution in [0.5, 0.6) is 0 Å². The van der Waals surface area contributed by atoms with E-state index in [-0.39, 0.29) is 0 Å². The number of rotatable bonds is 7. The van der Waals surface area contributed by atoms with Gasteiger partial charge in [-0.2, -0.15) is 0 Å². The number of hydrogen-bond acceptors (Lipinski definition) is 4. The third-order valence-corrected chi connectivity index (χ3v) is 9.69. The summed E-state index contributed by atoms with van der Waals surface area (Å²) in [7, 11) is 0. The van der Waals surface area contributed by atoms with E-state index in [0.29, 0.717) is 12.0 Å². The van der Waals surface area contributed by atoms with E-state index in [1.165, 1.54) is 66.8 Å². The van der Waals surface area contributed by atoms with Gasteiger partial charge in [0.25, 0.3) is 0 Å². The second kappa shape index (κ2) is 16.0. The summed E-state index contributed by atoms with van der Waals surface area (Å²) >= 11 is 0. The van der Waals surface area contributed by atoms with Crippen LogP contribution in [-0.4, -0.2) is 52.8 Å². The van der Waals surface area contributed by atoms with Crippen LogP contribution < -0.4 is 0 Å². The highest BCUT2D eigenvalue weighted by Gasteiger charge is 2.31. The Balaban J connectivity index is 0.000000429. The van der Waals surface area contributed by atoms with Crippen molar-refractivity contribution in [1.29, 1.82) is 0 Å². The molecule has 2 unspecified atom stereocenters. The van der Waals surface area contributed by atoms with Crippen LogP contribution in [0.3, 0.4) is 0 Å². The largest absolute Gasteiger partial charge is 0.367 e. The summed E-state index contributed by atoms with van der Waals surface area (Å²) in [4.78, 5) is 12.7. The third-order valence-electron chi connectivity index (χ3n) is 9.69. The van der Waals surface area contributed by atoms with Crippen LogP contribution in [0.15, 0.2) is 111 Å². The molecule has 1 saturated heterocycles. The number of allylic oxidation sites excluding steroid dienone is 9. The van der Waals surface area contributed by atoms with Crippen LogP contribution >= 0.6 is 0 Å². The van der Waals surface area contributed by atoms with Gasteiger partial charge in [-0.25, -0.2) is 4.99 Å². The van der Waals surface area contributed by atoms with Crippen LogP contribution in [-0.2, 0) is 0 Å². The number of fused-ring (bicyclic) bond motifs is 2. The van der Waals surface area contributed by atoms with Gasteiger partial charge in [0.05, 0.1) is 11.4 Å². The van der Waals surface area contributed by atoms with E-state index in [2.05, 4.69) is 117 Å². The van der Waals surface area contributed by atoms with E-state index in [9.17, 15) is 0 Å². The first kappa shape index (κ1) is 33.3. The number of piperazine rings is 1. The molecule has 4 nitrogen and oxygen atoms in total. The van der Waals surface area contributed by atoms with Gasteiger partial charge < -0.3 is 4.90 Å². The van der Waals surface area contributed by atoms with E-state index in [1.807, 2.05) is 6.08 Å². The maximum absolute atomic E-state index is 5.13. The molecular formula is C40H54N4. The van der Waals surface area contributed by atoms with Crippen molar-refractivity contribution in [3.8, 4) is 12.3 Å². The molecule has 2 fully saturated rings. The molecular weight excluding hydrogens is 536 g/mol. The molecule has 1 aliphatic carbocycles. The molecule has 0 aromatic heterocycles. The normalized spacial score (nSPS) is 23.2. The minimum Gasteiger partial charge on any atom is -0.367 e. The number of terminal acetylenes is 1. The first-order valence-electron chi connectivity index (χ1n) is 16.8. The highest BCUT2D eigenvalue weighted by Crippen LogP contribution is 2.37. The standard InChI is InChI=1S/C31H40N4.C9H14/c1-5-24(23(3)4)19-25(6-2)29-20-30(26-11-10-12-26)35-22-28(14-15-31(35)32-29)34-18-17-33-16-9-7-8-13-27(33)21-34;1-5-7-9(4)8(3)6-2/h6-8,14-15,19-20,22,27H,3,5,9-13,16-18,21H2,1-2,4H3;1,7-8H,6H2,2-4H3/b24-19-,25-6+;9-7-. The van der Waals surface area contributed by atoms with Gasteiger partial charge in [-0.15, -0.1) is 6.42 Å². The quantitative estimate of drug-likeness (QED) is 0.168. The van der Waals surface area contributed by atoms with Crippen molar-refractivity contribution in [3.63, 3.8) is 0 Å². The Morgan fingerprint density at radius 1 is 1.16 bits per heavy atom. The molecule has 5 rings (SSSR count). The van der Waals surface area contributed by atoms with Gasteiger partial charge in [0.1, 0.15) is 5.84 Å². The molecule has 2 atom stereocenters. The average molecular weight is 591 g/mol. The summed E-state index contributed by atoms with van der Waals surface area (Å²) in [5, 5.41) is 0. The topological polar surface area (TPSA) is 22.1 Å². The van der Waals surface area contributed by atoms with Crippen LogP contribution in [0.4, 0.5) is 0 Å². The molecule has 4 heterocycles. The summed E-state index contributed by atoms with van der Waals surface area (Å²) in [6.45, 7) is 21.5. The lowest BCUT2D eigenvalue weighted by atomic mass is 9.88. The Morgan fingerprint density at radius 2 is 1.95 bits per heavy atom. The summed E-state index contributed by atoms with van der Waals surface area (Å²) in [6, 6.07) is 0.620. The van der Waals surface area contributed by atoms with Gasteiger partial charge in [0.15, 0.2) is 0 Å². The molecule has 0 aromatic rings. The van der Waals surface area contributed by atoms with Crippen molar-refractivity contribution in [2.45, 2.75) is 92.5 Å². The molecule has 4 aliphatic heterocycles. The molecule has 1 saturated carbocycles. The van der Waals surface area contributed by atoms with Gasteiger partial charge in [-0.3, -0.25) is 9.80 Å². The molecule has 44 heavy (non-hydrogen) atoms. The summed E-state index contributed by atoms with van der Waals surface area (Å²) in [6.07, 6.45) is 33.4. The highest BCUT2D eigenvalue weighted by atomic mass is 15.3. The molecule has 0 spiro atoms. The van der Waals surface area contributed by atoms with Gasteiger partial charge >= 0.3 is 0 Å². The third kappa shape index (κ3) is 8.13. The maximum Gasteiger partial charge on any atom is 0.137 e. The zero-order chi connectivity index (χ0) is 31.6. The number of amidine groups is 1. The van der Waals surface area contributed by atoms with Crippen molar-refractivity contribution in [3.05, 3.63) is 106 Å². The highest BCUT2D eigenvalue weighted by molar-refractivity contribution is 5.99. The summed E-state index contributed by atoms with van der Waals surface area (Å²) < 4.78 is 0. The minimum absolute atomic E-state index is 0.620. The predicted molar refractivity (Wildman–Crippen MR) is 190 cm³/mol. The molecule has 0 bridgehead atoms. The zero-order valence-corrected chi connectivity index (χ0v) is 28.2. The molecule has 0 N–H and O–H groups in total. The Kier molecular flexibility index (Phi) is 12.1. The fourth-order valence-electron chi connectivity index (χ4n) is 6.21. The van der Waals surface area contributed by atoms with Crippen molar-refractivity contribution in [2.75, 3.05) is 26.2 Å². The van der Waals surface area contributed by atoms with E-state index >= 15 is 0 Å². The van der Waals surface area contributed by atoms with Crippen LogP contribution in [0.1, 0.15) is 86.5 Å². The Hall–Kier alpha value is -3.55. The average Bonchev–Trinajstić information content (AvgIpc) is 3.25. The Bertz CT molecular complexity index is 1390. The summed E-state index contributed by atoms with van der Waals surface area (Å²) in [5.41, 5.74) is 10.1. The smallest absolute Gasteiger partial charge is 0.137 e. The Labute approximate surface area is 268 Å². The van der Waals surface area contributed by atoms with Crippen molar-refractivity contribution < 1.29 is 0 Å². The van der Waals surface area contributed by atoms with Gasteiger partial charge in [-0.05, 0) is 119 Å². The van der Waals surface area contributed by atoms with Crippen molar-refractivity contribution in [1.82, 2.24) is 14.7 Å². The van der Waals surface area contributed by atoms with Crippen molar-refractivity contribution >= 4 is 5.84 Å².